The van der Waals surface area contributed by atoms with Gasteiger partial charge in [-0.3, -0.25) is 4.79 Å². The highest BCUT2D eigenvalue weighted by Gasteiger charge is 2.33. The van der Waals surface area contributed by atoms with E-state index in [0.29, 0.717) is 19.5 Å². The fraction of sp³-hybridized carbons (Fsp3) is 0.556. The standard InChI is InChI=1S/C18H27N3O2/c1-3-4-8-11-19-18(23)20-16-12-17(22)21(13-16)14(2)15-9-6-5-7-10-15/h5-7,9-10,14,16H,3-4,8,11-13H2,1-2H3,(H2,19,20,23). The minimum atomic E-state index is -0.173. The van der Waals surface area contributed by atoms with E-state index < -0.39 is 0 Å². The lowest BCUT2D eigenvalue weighted by Gasteiger charge is -2.25. The first-order valence-electron chi connectivity index (χ1n) is 8.50. The molecule has 2 N–H and O–H groups in total. The average Bonchev–Trinajstić information content (AvgIpc) is 2.92. The molecule has 1 heterocycles. The maximum Gasteiger partial charge on any atom is 0.315 e. The van der Waals surface area contributed by atoms with Crippen LogP contribution in [0.3, 0.4) is 0 Å². The molecule has 1 aliphatic heterocycles. The Labute approximate surface area is 138 Å². The number of likely N-dealkylation sites (tertiary alicyclic amines) is 1. The van der Waals surface area contributed by atoms with Crippen LogP contribution in [0.1, 0.15) is 51.1 Å². The van der Waals surface area contributed by atoms with Crippen LogP contribution in [-0.2, 0) is 4.79 Å². The molecule has 0 spiro atoms. The van der Waals surface area contributed by atoms with E-state index >= 15 is 0 Å². The molecule has 23 heavy (non-hydrogen) atoms. The molecule has 3 amide bonds. The van der Waals surface area contributed by atoms with E-state index in [0.717, 1.165) is 24.8 Å². The van der Waals surface area contributed by atoms with Crippen LogP contribution >= 0.6 is 0 Å². The van der Waals surface area contributed by atoms with Gasteiger partial charge >= 0.3 is 6.03 Å². The highest BCUT2D eigenvalue weighted by atomic mass is 16.2. The van der Waals surface area contributed by atoms with Gasteiger partial charge in [0.05, 0.1) is 12.1 Å². The lowest BCUT2D eigenvalue weighted by Crippen LogP contribution is -2.43. The number of unbranched alkanes of at least 4 members (excludes halogenated alkanes) is 2. The summed E-state index contributed by atoms with van der Waals surface area (Å²) >= 11 is 0. The van der Waals surface area contributed by atoms with Gasteiger partial charge in [-0.15, -0.1) is 0 Å². The molecular formula is C18H27N3O2. The Hall–Kier alpha value is -2.04. The van der Waals surface area contributed by atoms with Gasteiger partial charge in [0.25, 0.3) is 0 Å². The number of rotatable bonds is 7. The van der Waals surface area contributed by atoms with Crippen molar-refractivity contribution in [2.45, 2.75) is 51.6 Å². The summed E-state index contributed by atoms with van der Waals surface area (Å²) in [4.78, 5) is 25.9. The van der Waals surface area contributed by atoms with Crippen molar-refractivity contribution < 1.29 is 9.59 Å². The molecule has 0 radical (unpaired) electrons. The third kappa shape index (κ3) is 4.98. The number of nitrogens with zero attached hydrogens (tertiary/aromatic N) is 1. The Morgan fingerprint density at radius 2 is 2.04 bits per heavy atom. The monoisotopic (exact) mass is 317 g/mol. The van der Waals surface area contributed by atoms with Crippen molar-refractivity contribution in [3.63, 3.8) is 0 Å². The average molecular weight is 317 g/mol. The van der Waals surface area contributed by atoms with Crippen LogP contribution < -0.4 is 10.6 Å². The number of benzene rings is 1. The summed E-state index contributed by atoms with van der Waals surface area (Å²) in [5.41, 5.74) is 1.12. The number of carbonyl (C=O) groups is 2. The molecule has 1 fully saturated rings. The molecule has 2 atom stereocenters. The zero-order valence-electron chi connectivity index (χ0n) is 14.0. The third-order valence-corrected chi connectivity index (χ3v) is 4.31. The minimum Gasteiger partial charge on any atom is -0.338 e. The number of hydrogen-bond donors (Lipinski definition) is 2. The van der Waals surface area contributed by atoms with Crippen LogP contribution in [0.2, 0.25) is 0 Å². The van der Waals surface area contributed by atoms with Crippen molar-refractivity contribution in [1.82, 2.24) is 15.5 Å². The molecule has 0 bridgehead atoms. The Bertz CT molecular complexity index is 518. The van der Waals surface area contributed by atoms with Crippen LogP contribution in [0, 0.1) is 0 Å². The second kappa shape index (κ2) is 8.56. The first kappa shape index (κ1) is 17.3. The molecule has 126 valence electrons. The molecule has 2 unspecified atom stereocenters. The predicted molar refractivity (Wildman–Crippen MR) is 91.0 cm³/mol. The zero-order chi connectivity index (χ0) is 16.7. The smallest absolute Gasteiger partial charge is 0.315 e. The zero-order valence-corrected chi connectivity index (χ0v) is 14.0. The quantitative estimate of drug-likeness (QED) is 0.760. The van der Waals surface area contributed by atoms with Crippen molar-refractivity contribution in [2.24, 2.45) is 0 Å². The molecule has 2 rings (SSSR count). The molecule has 1 aliphatic rings. The predicted octanol–water partition coefficient (Wildman–Crippen LogP) is 2.84. The molecule has 1 aromatic carbocycles. The summed E-state index contributed by atoms with van der Waals surface area (Å²) in [5, 5.41) is 5.77. The topological polar surface area (TPSA) is 61.4 Å². The summed E-state index contributed by atoms with van der Waals surface area (Å²) < 4.78 is 0. The van der Waals surface area contributed by atoms with Crippen LogP contribution in [-0.4, -0.2) is 36.0 Å². The fourth-order valence-electron chi connectivity index (χ4n) is 2.93. The second-order valence-corrected chi connectivity index (χ2v) is 6.14. The number of urea groups is 1. The normalized spacial score (nSPS) is 18.8. The summed E-state index contributed by atoms with van der Waals surface area (Å²) in [7, 11) is 0. The lowest BCUT2D eigenvalue weighted by molar-refractivity contribution is -0.129. The number of nitrogens with one attached hydrogen (secondary N) is 2. The molecule has 5 nitrogen and oxygen atoms in total. The third-order valence-electron chi connectivity index (χ3n) is 4.31. The van der Waals surface area contributed by atoms with Gasteiger partial charge in [0.1, 0.15) is 0 Å². The van der Waals surface area contributed by atoms with E-state index in [1.54, 1.807) is 0 Å². The van der Waals surface area contributed by atoms with Gasteiger partial charge in [-0.25, -0.2) is 4.79 Å². The second-order valence-electron chi connectivity index (χ2n) is 6.14. The molecule has 1 aromatic rings. The van der Waals surface area contributed by atoms with Crippen molar-refractivity contribution in [1.29, 1.82) is 0 Å². The van der Waals surface area contributed by atoms with E-state index in [1.807, 2.05) is 42.2 Å². The highest BCUT2D eigenvalue weighted by Crippen LogP contribution is 2.25. The van der Waals surface area contributed by atoms with Crippen molar-refractivity contribution in [3.8, 4) is 0 Å². The summed E-state index contributed by atoms with van der Waals surface area (Å²) in [6.07, 6.45) is 3.61. The van der Waals surface area contributed by atoms with E-state index in [1.165, 1.54) is 0 Å². The van der Waals surface area contributed by atoms with Crippen molar-refractivity contribution >= 4 is 11.9 Å². The maximum absolute atomic E-state index is 12.2. The molecule has 1 saturated heterocycles. The Morgan fingerprint density at radius 1 is 1.30 bits per heavy atom. The largest absolute Gasteiger partial charge is 0.338 e. The first-order chi connectivity index (χ1) is 11.1. The molecule has 5 heteroatoms. The SMILES string of the molecule is CCCCCNC(=O)NC1CC(=O)N(C(C)c2ccccc2)C1. The summed E-state index contributed by atoms with van der Waals surface area (Å²) in [6.45, 7) is 5.41. The molecule has 0 saturated carbocycles. The first-order valence-corrected chi connectivity index (χ1v) is 8.50. The van der Waals surface area contributed by atoms with Crippen molar-refractivity contribution in [2.75, 3.05) is 13.1 Å². The number of carbonyl (C=O) groups excluding carboxylic acids is 2. The summed E-state index contributed by atoms with van der Waals surface area (Å²) in [6, 6.07) is 9.72. The van der Waals surface area contributed by atoms with Crippen LogP contribution in [0.15, 0.2) is 30.3 Å². The van der Waals surface area contributed by atoms with Gasteiger partial charge in [-0.05, 0) is 18.9 Å². The van der Waals surface area contributed by atoms with E-state index in [2.05, 4.69) is 17.6 Å². The van der Waals surface area contributed by atoms with Crippen LogP contribution in [0.5, 0.6) is 0 Å². The summed E-state index contributed by atoms with van der Waals surface area (Å²) in [5.74, 6) is 0.0950. The van der Waals surface area contributed by atoms with E-state index in [9.17, 15) is 9.59 Å². The Balaban J connectivity index is 1.81. The van der Waals surface area contributed by atoms with Gasteiger partial charge in [0, 0.05) is 19.5 Å². The molecular weight excluding hydrogens is 290 g/mol. The van der Waals surface area contributed by atoms with Crippen LogP contribution in [0.4, 0.5) is 4.79 Å². The van der Waals surface area contributed by atoms with Gasteiger partial charge in [-0.1, -0.05) is 50.1 Å². The number of hydrogen-bond acceptors (Lipinski definition) is 2. The Kier molecular flexibility index (Phi) is 6.44. The minimum absolute atomic E-state index is 0.0307. The van der Waals surface area contributed by atoms with E-state index in [4.69, 9.17) is 0 Å². The highest BCUT2D eigenvalue weighted by molar-refractivity contribution is 5.82. The van der Waals surface area contributed by atoms with Gasteiger partial charge in [0.2, 0.25) is 5.91 Å². The molecule has 0 aromatic heterocycles. The van der Waals surface area contributed by atoms with Gasteiger partial charge in [-0.2, -0.15) is 0 Å². The maximum atomic E-state index is 12.2. The fourth-order valence-corrected chi connectivity index (χ4v) is 2.93. The van der Waals surface area contributed by atoms with Gasteiger partial charge < -0.3 is 15.5 Å². The molecule has 0 aliphatic carbocycles. The van der Waals surface area contributed by atoms with Gasteiger partial charge in [0.15, 0.2) is 0 Å². The van der Waals surface area contributed by atoms with Crippen LogP contribution in [0.25, 0.3) is 0 Å². The lowest BCUT2D eigenvalue weighted by atomic mass is 10.1. The van der Waals surface area contributed by atoms with E-state index in [-0.39, 0.29) is 24.0 Å². The number of amides is 3. The Morgan fingerprint density at radius 3 is 2.74 bits per heavy atom. The van der Waals surface area contributed by atoms with Crippen molar-refractivity contribution in [3.05, 3.63) is 35.9 Å².